The topological polar surface area (TPSA) is 234 Å². The molecule has 0 aliphatic carbocycles. The van der Waals surface area contributed by atoms with Crippen LogP contribution in [0.5, 0.6) is 0 Å². The standard InChI is InChI=1S/C38H48ClF3N8O8/c1-3-4-18-50(36(56)29(47-31(51)20-39)15-16-33(53)58-2)22-32(52)48-30(19-23-21-45-27-9-6-5-8-26(23)27)35(55)49-28(10-7-17-44-37(43)57)34(54)46-25-13-11-24(12-14-25)38(40,41)42/h5-6,8-9,11-14,21,28-30,45H,3-4,7,10,15-20,22H2,1-2H3,(H,46,54)(H,47,51)(H,48,52)(H,49,55)(H3,43,44,57)/t28-,29-,30-/m0/s1. The summed E-state index contributed by atoms with van der Waals surface area (Å²) in [5, 5.41) is 13.4. The quantitative estimate of drug-likeness (QED) is 0.0451. The second-order valence-corrected chi connectivity index (χ2v) is 13.5. The number of nitrogens with two attached hydrogens (primary N) is 1. The molecule has 0 fully saturated rings. The predicted octanol–water partition coefficient (Wildman–Crippen LogP) is 3.09. The number of benzene rings is 2. The zero-order chi connectivity index (χ0) is 42.8. The second-order valence-electron chi connectivity index (χ2n) is 13.2. The monoisotopic (exact) mass is 836 g/mol. The normalized spacial score (nSPS) is 12.7. The van der Waals surface area contributed by atoms with Gasteiger partial charge in [0, 0.05) is 48.7 Å². The van der Waals surface area contributed by atoms with Crippen molar-refractivity contribution < 1.29 is 51.5 Å². The summed E-state index contributed by atoms with van der Waals surface area (Å²) in [4.78, 5) is 94.9. The average Bonchev–Trinajstić information content (AvgIpc) is 3.60. The van der Waals surface area contributed by atoms with Gasteiger partial charge in [0.15, 0.2) is 0 Å². The fraction of sp³-hybridized carbons (Fsp3) is 0.447. The van der Waals surface area contributed by atoms with Crippen molar-refractivity contribution in [3.8, 4) is 0 Å². The third-order valence-electron chi connectivity index (χ3n) is 8.88. The number of urea groups is 1. The van der Waals surface area contributed by atoms with Crippen LogP contribution in [0.1, 0.15) is 56.6 Å². The molecule has 3 rings (SSSR count). The molecule has 7 amide bonds. The molecule has 3 aromatic rings. The summed E-state index contributed by atoms with van der Waals surface area (Å²) in [7, 11) is 1.17. The summed E-state index contributed by atoms with van der Waals surface area (Å²) in [5.74, 6) is -4.82. The maximum Gasteiger partial charge on any atom is 0.416 e. The SMILES string of the molecule is CCCCN(CC(=O)N[C@@H](Cc1c[nH]c2ccccc12)C(=O)N[C@@H](CCCNC(N)=O)C(=O)Nc1ccc(C(F)(F)F)cc1)C(=O)[C@H](CCC(=O)OC)NC(=O)CCl. The van der Waals surface area contributed by atoms with Gasteiger partial charge in [-0.25, -0.2) is 4.79 Å². The van der Waals surface area contributed by atoms with Crippen molar-refractivity contribution in [1.82, 2.24) is 31.2 Å². The highest BCUT2D eigenvalue weighted by atomic mass is 35.5. The van der Waals surface area contributed by atoms with Crippen LogP contribution in [-0.2, 0) is 46.1 Å². The zero-order valence-corrected chi connectivity index (χ0v) is 32.8. The van der Waals surface area contributed by atoms with Crippen LogP contribution in [0.15, 0.2) is 54.7 Å². The van der Waals surface area contributed by atoms with Crippen LogP contribution in [0.2, 0.25) is 0 Å². The number of hydrogen-bond donors (Lipinski definition) is 7. The second kappa shape index (κ2) is 22.8. The van der Waals surface area contributed by atoms with Crippen LogP contribution in [0.4, 0.5) is 23.7 Å². The van der Waals surface area contributed by atoms with Crippen LogP contribution in [-0.4, -0.2) is 102 Å². The number of H-pyrrole nitrogens is 1. The van der Waals surface area contributed by atoms with E-state index in [1.54, 1.807) is 24.4 Å². The number of primary amides is 1. The van der Waals surface area contributed by atoms with E-state index in [4.69, 9.17) is 17.3 Å². The molecule has 0 saturated carbocycles. The van der Waals surface area contributed by atoms with Crippen molar-refractivity contribution in [1.29, 1.82) is 0 Å². The van der Waals surface area contributed by atoms with Crippen LogP contribution in [0, 0.1) is 0 Å². The largest absolute Gasteiger partial charge is 0.469 e. The Morgan fingerprint density at radius 3 is 2.21 bits per heavy atom. The summed E-state index contributed by atoms with van der Waals surface area (Å²) in [6.07, 6.45) is -2.24. The lowest BCUT2D eigenvalue weighted by Gasteiger charge is -2.28. The van der Waals surface area contributed by atoms with Crippen molar-refractivity contribution in [2.24, 2.45) is 5.73 Å². The number of hydrogen-bond acceptors (Lipinski definition) is 8. The Kier molecular flexibility index (Phi) is 18.3. The smallest absolute Gasteiger partial charge is 0.416 e. The Balaban J connectivity index is 1.91. The van der Waals surface area contributed by atoms with Crippen molar-refractivity contribution in [2.45, 2.75) is 76.2 Å². The number of halogens is 4. The summed E-state index contributed by atoms with van der Waals surface area (Å²) >= 11 is 5.67. The molecule has 0 unspecified atom stereocenters. The number of alkyl halides is 4. The first-order valence-corrected chi connectivity index (χ1v) is 19.0. The predicted molar refractivity (Wildman–Crippen MR) is 208 cm³/mol. The first-order valence-electron chi connectivity index (χ1n) is 18.4. The molecule has 0 aliphatic rings. The molecule has 316 valence electrons. The lowest BCUT2D eigenvalue weighted by atomic mass is 10.0. The maximum atomic E-state index is 14.1. The van der Waals surface area contributed by atoms with E-state index in [0.717, 1.165) is 35.2 Å². The number of unbranched alkanes of at least 4 members (excludes halogenated alkanes) is 1. The number of fused-ring (bicyclic) bond motifs is 1. The molecule has 1 aromatic heterocycles. The molecule has 8 N–H and O–H groups in total. The molecule has 2 aromatic carbocycles. The zero-order valence-electron chi connectivity index (χ0n) is 32.0. The first-order chi connectivity index (χ1) is 27.6. The third-order valence-corrected chi connectivity index (χ3v) is 9.12. The van der Waals surface area contributed by atoms with Crippen molar-refractivity contribution >= 4 is 69.7 Å². The van der Waals surface area contributed by atoms with E-state index in [9.17, 15) is 46.7 Å². The van der Waals surface area contributed by atoms with Crippen molar-refractivity contribution in [3.05, 3.63) is 65.9 Å². The fourth-order valence-electron chi connectivity index (χ4n) is 5.86. The molecular formula is C38H48ClF3N8O8. The molecule has 0 aliphatic heterocycles. The lowest BCUT2D eigenvalue weighted by molar-refractivity contribution is -0.143. The van der Waals surface area contributed by atoms with Gasteiger partial charge in [0.2, 0.25) is 29.5 Å². The number of para-hydroxylation sites is 1. The van der Waals surface area contributed by atoms with Crippen LogP contribution < -0.4 is 32.3 Å². The molecule has 0 radical (unpaired) electrons. The molecule has 16 nitrogen and oxygen atoms in total. The highest BCUT2D eigenvalue weighted by molar-refractivity contribution is 6.27. The van der Waals surface area contributed by atoms with Gasteiger partial charge in [-0.2, -0.15) is 13.2 Å². The Bertz CT molecular complexity index is 1890. The van der Waals surface area contributed by atoms with E-state index >= 15 is 0 Å². The molecule has 58 heavy (non-hydrogen) atoms. The number of carbonyl (C=O) groups excluding carboxylic acids is 7. The third kappa shape index (κ3) is 14.9. The number of amides is 7. The van der Waals surface area contributed by atoms with Gasteiger partial charge in [-0.15, -0.1) is 11.6 Å². The maximum absolute atomic E-state index is 14.1. The first kappa shape index (κ1) is 46.5. The lowest BCUT2D eigenvalue weighted by Crippen LogP contribution is -2.56. The molecule has 1 heterocycles. The highest BCUT2D eigenvalue weighted by Gasteiger charge is 2.32. The van der Waals surface area contributed by atoms with Crippen LogP contribution >= 0.6 is 11.6 Å². The Morgan fingerprint density at radius 2 is 1.57 bits per heavy atom. The fourth-order valence-corrected chi connectivity index (χ4v) is 5.94. The number of aromatic nitrogens is 1. The van der Waals surface area contributed by atoms with Crippen molar-refractivity contribution in [3.63, 3.8) is 0 Å². The van der Waals surface area contributed by atoms with E-state index in [1.165, 1.54) is 12.0 Å². The number of nitrogens with zero attached hydrogens (tertiary/aromatic N) is 1. The van der Waals surface area contributed by atoms with Gasteiger partial charge in [0.1, 0.15) is 24.0 Å². The molecule has 0 bridgehead atoms. The molecular weight excluding hydrogens is 789 g/mol. The van der Waals surface area contributed by atoms with E-state index in [-0.39, 0.29) is 50.9 Å². The van der Waals surface area contributed by atoms with Gasteiger partial charge in [-0.05, 0) is 61.6 Å². The molecule has 0 saturated heterocycles. The molecule has 3 atom stereocenters. The number of rotatable bonds is 22. The van der Waals surface area contributed by atoms with Gasteiger partial charge < -0.3 is 46.9 Å². The molecule has 0 spiro atoms. The van der Waals surface area contributed by atoms with Gasteiger partial charge in [0.25, 0.3) is 0 Å². The van der Waals surface area contributed by atoms with Gasteiger partial charge >= 0.3 is 18.2 Å². The number of ether oxygens (including phenoxy) is 1. The Morgan fingerprint density at radius 1 is 0.879 bits per heavy atom. The van der Waals surface area contributed by atoms with E-state index in [1.807, 2.05) is 13.0 Å². The number of anilines is 1. The molecule has 20 heteroatoms. The Labute approximate surface area is 337 Å². The number of nitrogens with one attached hydrogen (secondary N) is 6. The van der Waals surface area contributed by atoms with Gasteiger partial charge in [-0.3, -0.25) is 28.8 Å². The summed E-state index contributed by atoms with van der Waals surface area (Å²) in [5.41, 5.74) is 5.60. The van der Waals surface area contributed by atoms with Crippen LogP contribution in [0.25, 0.3) is 10.9 Å². The van der Waals surface area contributed by atoms with Gasteiger partial charge in [-0.1, -0.05) is 31.5 Å². The van der Waals surface area contributed by atoms with E-state index in [0.29, 0.717) is 18.4 Å². The summed E-state index contributed by atoms with van der Waals surface area (Å²) in [6.45, 7) is 1.42. The van der Waals surface area contributed by atoms with E-state index < -0.39 is 83.8 Å². The minimum Gasteiger partial charge on any atom is -0.469 e. The Hall–Kier alpha value is -5.85. The van der Waals surface area contributed by atoms with E-state index in [2.05, 4.69) is 36.3 Å². The van der Waals surface area contributed by atoms with Gasteiger partial charge in [0.05, 0.1) is 19.2 Å². The number of aromatic amines is 1. The summed E-state index contributed by atoms with van der Waals surface area (Å²) < 4.78 is 44.1. The van der Waals surface area contributed by atoms with Crippen molar-refractivity contribution in [2.75, 3.05) is 37.9 Å². The number of methoxy groups -OCH3 is 1. The minimum absolute atomic E-state index is 0.0140. The number of esters is 1. The van der Waals surface area contributed by atoms with Crippen LogP contribution in [0.3, 0.4) is 0 Å². The number of carbonyl (C=O) groups is 7. The summed E-state index contributed by atoms with van der Waals surface area (Å²) in [6, 6.07) is 6.19. The highest BCUT2D eigenvalue weighted by Crippen LogP contribution is 2.30. The average molecular weight is 837 g/mol. The minimum atomic E-state index is -4.61.